The van der Waals surface area contributed by atoms with Crippen LogP contribution in [0.5, 0.6) is 0 Å². The largest absolute Gasteiger partial charge is 0.271 e. The molecule has 0 spiro atoms. The summed E-state index contributed by atoms with van der Waals surface area (Å²) in [6, 6.07) is 10.3. The zero-order chi connectivity index (χ0) is 14.7. The average Bonchev–Trinajstić information content (AvgIpc) is 2.43. The lowest BCUT2D eigenvalue weighted by molar-refractivity contribution is 0.510. The molecule has 2 aromatic carbocycles. The number of halogens is 4. The maximum absolute atomic E-state index is 14.2. The standard InChI is InChI=1S/C14H12BrCl2FN2/c15-11-5-4-10(14(18)13(11)17)12(20-19)7-8-2-1-3-9(16)6-8/h1-6,12,20H,7,19H2. The molecule has 0 saturated carbocycles. The van der Waals surface area contributed by atoms with Crippen molar-refractivity contribution >= 4 is 39.1 Å². The van der Waals surface area contributed by atoms with Crippen molar-refractivity contribution in [3.8, 4) is 0 Å². The third kappa shape index (κ3) is 3.51. The molecule has 1 unspecified atom stereocenters. The minimum Gasteiger partial charge on any atom is -0.271 e. The summed E-state index contributed by atoms with van der Waals surface area (Å²) in [7, 11) is 0. The van der Waals surface area contributed by atoms with Crippen molar-refractivity contribution in [1.82, 2.24) is 5.43 Å². The van der Waals surface area contributed by atoms with Crippen molar-refractivity contribution < 1.29 is 4.39 Å². The fourth-order valence-corrected chi connectivity index (χ4v) is 2.66. The first kappa shape index (κ1) is 15.7. The molecule has 2 rings (SSSR count). The van der Waals surface area contributed by atoms with Gasteiger partial charge in [-0.15, -0.1) is 0 Å². The second kappa shape index (κ2) is 6.87. The lowest BCUT2D eigenvalue weighted by atomic mass is 9.99. The molecule has 3 N–H and O–H groups in total. The molecule has 6 heteroatoms. The molecular weight excluding hydrogens is 366 g/mol. The van der Waals surface area contributed by atoms with Crippen LogP contribution in [-0.2, 0) is 6.42 Å². The van der Waals surface area contributed by atoms with Gasteiger partial charge < -0.3 is 0 Å². The van der Waals surface area contributed by atoms with Crippen LogP contribution in [0.25, 0.3) is 0 Å². The SMILES string of the molecule is NNC(Cc1cccc(Cl)c1)c1ccc(Br)c(Cl)c1F. The summed E-state index contributed by atoms with van der Waals surface area (Å²) in [5, 5.41) is 0.682. The second-order valence-electron chi connectivity index (χ2n) is 4.32. The molecule has 0 aliphatic carbocycles. The van der Waals surface area contributed by atoms with Gasteiger partial charge in [0.25, 0.3) is 0 Å². The number of hydrogen-bond acceptors (Lipinski definition) is 2. The van der Waals surface area contributed by atoms with Crippen LogP contribution in [0, 0.1) is 5.82 Å². The molecule has 2 nitrogen and oxygen atoms in total. The Morgan fingerprint density at radius 2 is 2.00 bits per heavy atom. The minimum absolute atomic E-state index is 0.0499. The van der Waals surface area contributed by atoms with Gasteiger partial charge in [0.1, 0.15) is 5.82 Å². The highest BCUT2D eigenvalue weighted by molar-refractivity contribution is 9.10. The number of hydrogen-bond donors (Lipinski definition) is 2. The predicted molar refractivity (Wildman–Crippen MR) is 84.3 cm³/mol. The van der Waals surface area contributed by atoms with Gasteiger partial charge in [-0.25, -0.2) is 4.39 Å². The molecule has 20 heavy (non-hydrogen) atoms. The predicted octanol–water partition coefficient (Wildman–Crippen LogP) is 4.64. The van der Waals surface area contributed by atoms with E-state index in [1.807, 2.05) is 18.2 Å². The Morgan fingerprint density at radius 1 is 1.25 bits per heavy atom. The van der Waals surface area contributed by atoms with E-state index < -0.39 is 5.82 Å². The Balaban J connectivity index is 2.31. The molecule has 1 atom stereocenters. The maximum atomic E-state index is 14.2. The molecule has 0 aliphatic rings. The third-order valence-corrected chi connectivity index (χ3v) is 4.46. The number of nitrogens with one attached hydrogen (secondary N) is 1. The highest BCUT2D eigenvalue weighted by Gasteiger charge is 2.18. The summed E-state index contributed by atoms with van der Waals surface area (Å²) < 4.78 is 14.7. The van der Waals surface area contributed by atoms with Gasteiger partial charge in [0.05, 0.1) is 11.1 Å². The van der Waals surface area contributed by atoms with Crippen molar-refractivity contribution in [2.24, 2.45) is 5.84 Å². The molecule has 106 valence electrons. The number of rotatable bonds is 4. The summed E-state index contributed by atoms with van der Waals surface area (Å²) in [4.78, 5) is 0. The smallest absolute Gasteiger partial charge is 0.147 e. The number of nitrogens with two attached hydrogens (primary N) is 1. The van der Waals surface area contributed by atoms with Crippen LogP contribution in [0.2, 0.25) is 10.0 Å². The highest BCUT2D eigenvalue weighted by atomic mass is 79.9. The summed E-state index contributed by atoms with van der Waals surface area (Å²) in [5.74, 6) is 5.06. The molecule has 0 amide bonds. The fraction of sp³-hybridized carbons (Fsp3) is 0.143. The van der Waals surface area contributed by atoms with E-state index in [1.165, 1.54) is 0 Å². The lowest BCUT2D eigenvalue weighted by Gasteiger charge is -2.18. The quantitative estimate of drug-likeness (QED) is 0.462. The van der Waals surface area contributed by atoms with Gasteiger partial charge in [-0.3, -0.25) is 11.3 Å². The summed E-state index contributed by atoms with van der Waals surface area (Å²) >= 11 is 15.0. The average molecular weight is 378 g/mol. The maximum Gasteiger partial charge on any atom is 0.147 e. The van der Waals surface area contributed by atoms with E-state index in [0.717, 1.165) is 5.56 Å². The van der Waals surface area contributed by atoms with Gasteiger partial charge >= 0.3 is 0 Å². The summed E-state index contributed by atoms with van der Waals surface area (Å²) in [6.07, 6.45) is 0.506. The monoisotopic (exact) mass is 376 g/mol. The van der Waals surface area contributed by atoms with Gasteiger partial charge in [0, 0.05) is 15.1 Å². The van der Waals surface area contributed by atoms with E-state index in [0.29, 0.717) is 21.5 Å². The van der Waals surface area contributed by atoms with Gasteiger partial charge in [-0.2, -0.15) is 0 Å². The fourth-order valence-electron chi connectivity index (χ4n) is 1.97. The topological polar surface area (TPSA) is 38.0 Å². The van der Waals surface area contributed by atoms with E-state index in [2.05, 4.69) is 21.4 Å². The van der Waals surface area contributed by atoms with E-state index in [4.69, 9.17) is 29.0 Å². The minimum atomic E-state index is -0.481. The van der Waals surface area contributed by atoms with Gasteiger partial charge in [0.2, 0.25) is 0 Å². The van der Waals surface area contributed by atoms with Crippen LogP contribution < -0.4 is 11.3 Å². The Bertz CT molecular complexity index is 622. The molecule has 2 aromatic rings. The van der Waals surface area contributed by atoms with Crippen molar-refractivity contribution in [2.75, 3.05) is 0 Å². The Labute approximate surface area is 135 Å². The van der Waals surface area contributed by atoms with Gasteiger partial charge in [-0.1, -0.05) is 41.4 Å². The van der Waals surface area contributed by atoms with Crippen LogP contribution in [-0.4, -0.2) is 0 Å². The first-order valence-electron chi connectivity index (χ1n) is 5.87. The van der Waals surface area contributed by atoms with Gasteiger partial charge in [0.15, 0.2) is 0 Å². The Hall–Kier alpha value is -0.650. The van der Waals surface area contributed by atoms with Crippen molar-refractivity contribution in [2.45, 2.75) is 12.5 Å². The molecule has 0 aliphatic heterocycles. The second-order valence-corrected chi connectivity index (χ2v) is 5.99. The van der Waals surface area contributed by atoms with Crippen LogP contribution in [0.15, 0.2) is 40.9 Å². The summed E-state index contributed by atoms with van der Waals surface area (Å²) in [6.45, 7) is 0. The molecule has 0 saturated heterocycles. The number of hydrazine groups is 1. The Morgan fingerprint density at radius 3 is 2.65 bits per heavy atom. The van der Waals surface area contributed by atoms with E-state index in [1.54, 1.807) is 18.2 Å². The molecule has 0 fully saturated rings. The van der Waals surface area contributed by atoms with Crippen molar-refractivity contribution in [3.05, 3.63) is 67.9 Å². The molecule has 0 aromatic heterocycles. The summed E-state index contributed by atoms with van der Waals surface area (Å²) in [5.41, 5.74) is 3.99. The lowest BCUT2D eigenvalue weighted by Crippen LogP contribution is -2.30. The van der Waals surface area contributed by atoms with Crippen molar-refractivity contribution in [3.63, 3.8) is 0 Å². The van der Waals surface area contributed by atoms with Crippen LogP contribution in [0.4, 0.5) is 4.39 Å². The number of benzene rings is 2. The van der Waals surface area contributed by atoms with E-state index in [-0.39, 0.29) is 11.1 Å². The van der Waals surface area contributed by atoms with E-state index >= 15 is 0 Å². The normalized spacial score (nSPS) is 12.4. The van der Waals surface area contributed by atoms with Crippen molar-refractivity contribution in [1.29, 1.82) is 0 Å². The first-order valence-corrected chi connectivity index (χ1v) is 7.41. The molecule has 0 bridgehead atoms. The van der Waals surface area contributed by atoms with Crippen LogP contribution >= 0.6 is 39.1 Å². The third-order valence-electron chi connectivity index (χ3n) is 2.97. The molecule has 0 radical (unpaired) electrons. The zero-order valence-corrected chi connectivity index (χ0v) is 13.4. The molecule has 0 heterocycles. The van der Waals surface area contributed by atoms with E-state index in [9.17, 15) is 4.39 Å². The first-order chi connectivity index (χ1) is 9.52. The zero-order valence-electron chi connectivity index (χ0n) is 10.3. The van der Waals surface area contributed by atoms with Crippen LogP contribution in [0.1, 0.15) is 17.2 Å². The Kier molecular flexibility index (Phi) is 5.41. The van der Waals surface area contributed by atoms with Gasteiger partial charge in [-0.05, 0) is 46.1 Å². The highest BCUT2D eigenvalue weighted by Crippen LogP contribution is 2.31. The molecular formula is C14H12BrCl2FN2. The van der Waals surface area contributed by atoms with Crippen LogP contribution in [0.3, 0.4) is 0 Å².